The Morgan fingerprint density at radius 2 is 1.72 bits per heavy atom. The molecule has 6 nitrogen and oxygen atoms in total. The number of benzene rings is 2. The number of anilines is 1. The van der Waals surface area contributed by atoms with Crippen molar-refractivity contribution in [1.29, 1.82) is 0 Å². The highest BCUT2D eigenvalue weighted by Gasteiger charge is 2.13. The second kappa shape index (κ2) is 10.1. The molecule has 2 rings (SSSR count). The van der Waals surface area contributed by atoms with Crippen molar-refractivity contribution in [2.75, 3.05) is 32.2 Å². The number of carbonyl (C=O) groups is 2. The average Bonchev–Trinajstić information content (AvgIpc) is 2.65. The zero-order valence-corrected chi connectivity index (χ0v) is 14.2. The van der Waals surface area contributed by atoms with Gasteiger partial charge in [-0.15, -0.1) is 0 Å². The van der Waals surface area contributed by atoms with Crippen LogP contribution in [0.2, 0.25) is 0 Å². The molecule has 2 aromatic rings. The van der Waals surface area contributed by atoms with E-state index in [0.717, 1.165) is 6.42 Å². The van der Waals surface area contributed by atoms with Crippen molar-refractivity contribution in [2.24, 2.45) is 0 Å². The summed E-state index contributed by atoms with van der Waals surface area (Å²) in [6, 6.07) is 15.9. The lowest BCUT2D eigenvalue weighted by Crippen LogP contribution is -2.27. The van der Waals surface area contributed by atoms with E-state index < -0.39 is 0 Å². The molecule has 0 aromatic heterocycles. The average molecular weight is 342 g/mol. The topological polar surface area (TPSA) is 76.7 Å². The van der Waals surface area contributed by atoms with Crippen molar-refractivity contribution in [2.45, 2.75) is 6.42 Å². The Balaban J connectivity index is 1.90. The molecule has 0 aliphatic carbocycles. The molecule has 0 saturated carbocycles. The van der Waals surface area contributed by atoms with Gasteiger partial charge in [-0.1, -0.05) is 30.3 Å². The maximum atomic E-state index is 12.3. The number of rotatable bonds is 9. The first-order chi connectivity index (χ1) is 12.2. The summed E-state index contributed by atoms with van der Waals surface area (Å²) < 4.78 is 10.4. The molecule has 0 atom stereocenters. The summed E-state index contributed by atoms with van der Waals surface area (Å²) in [4.78, 5) is 24.3. The van der Waals surface area contributed by atoms with Crippen LogP contribution in [-0.2, 0) is 9.53 Å². The molecule has 2 aromatic carbocycles. The maximum absolute atomic E-state index is 12.3. The minimum Gasteiger partial charge on any atom is -0.484 e. The van der Waals surface area contributed by atoms with Crippen molar-refractivity contribution in [3.05, 3.63) is 60.2 Å². The number of para-hydroxylation sites is 2. The number of nitrogens with one attached hydrogen (secondary N) is 2. The van der Waals surface area contributed by atoms with Gasteiger partial charge in [0.1, 0.15) is 5.75 Å². The van der Waals surface area contributed by atoms with Crippen molar-refractivity contribution in [3.8, 4) is 5.75 Å². The number of carbonyl (C=O) groups excluding carboxylic acids is 2. The van der Waals surface area contributed by atoms with Crippen LogP contribution in [0.3, 0.4) is 0 Å². The summed E-state index contributed by atoms with van der Waals surface area (Å²) in [5.41, 5.74) is 0.862. The summed E-state index contributed by atoms with van der Waals surface area (Å²) in [5, 5.41) is 5.52. The van der Waals surface area contributed by atoms with Gasteiger partial charge in [0.25, 0.3) is 11.8 Å². The minimum absolute atomic E-state index is 0.131. The van der Waals surface area contributed by atoms with Crippen LogP contribution >= 0.6 is 0 Å². The number of amides is 2. The van der Waals surface area contributed by atoms with Crippen molar-refractivity contribution in [1.82, 2.24) is 5.32 Å². The molecule has 2 N–H and O–H groups in total. The Labute approximate surface area is 147 Å². The second-order valence-electron chi connectivity index (χ2n) is 5.30. The van der Waals surface area contributed by atoms with Crippen molar-refractivity contribution in [3.63, 3.8) is 0 Å². The largest absolute Gasteiger partial charge is 0.484 e. The molecule has 0 saturated heterocycles. The second-order valence-corrected chi connectivity index (χ2v) is 5.30. The summed E-state index contributed by atoms with van der Waals surface area (Å²) in [6.45, 7) is 0.954. The van der Waals surface area contributed by atoms with Crippen LogP contribution in [0.15, 0.2) is 54.6 Å². The quantitative estimate of drug-likeness (QED) is 0.687. The number of hydrogen-bond donors (Lipinski definition) is 2. The summed E-state index contributed by atoms with van der Waals surface area (Å²) >= 11 is 0. The number of ether oxygens (including phenoxy) is 2. The van der Waals surface area contributed by atoms with E-state index >= 15 is 0 Å². The van der Waals surface area contributed by atoms with E-state index in [4.69, 9.17) is 9.47 Å². The van der Waals surface area contributed by atoms with E-state index in [1.807, 2.05) is 18.2 Å². The molecule has 0 heterocycles. The normalized spacial score (nSPS) is 10.1. The summed E-state index contributed by atoms with van der Waals surface area (Å²) in [6.07, 6.45) is 0.724. The molecular formula is C19H22N2O4. The Morgan fingerprint density at radius 3 is 2.48 bits per heavy atom. The molecule has 0 fully saturated rings. The van der Waals surface area contributed by atoms with Crippen LogP contribution < -0.4 is 15.4 Å². The molecule has 0 radical (unpaired) electrons. The predicted octanol–water partition coefficient (Wildman–Crippen LogP) is 2.47. The number of hydrogen-bond acceptors (Lipinski definition) is 4. The molecule has 0 unspecified atom stereocenters. The van der Waals surface area contributed by atoms with E-state index in [-0.39, 0.29) is 18.4 Å². The maximum Gasteiger partial charge on any atom is 0.262 e. The fourth-order valence-electron chi connectivity index (χ4n) is 2.16. The van der Waals surface area contributed by atoms with Gasteiger partial charge < -0.3 is 20.1 Å². The minimum atomic E-state index is -0.330. The lowest BCUT2D eigenvalue weighted by molar-refractivity contribution is -0.118. The van der Waals surface area contributed by atoms with E-state index in [9.17, 15) is 9.59 Å². The third-order valence-corrected chi connectivity index (χ3v) is 3.37. The van der Waals surface area contributed by atoms with Gasteiger partial charge >= 0.3 is 0 Å². The van der Waals surface area contributed by atoms with Gasteiger partial charge in [0.2, 0.25) is 0 Å². The summed E-state index contributed by atoms with van der Waals surface area (Å²) in [5.74, 6) is 0.0429. The molecule has 0 bridgehead atoms. The third-order valence-electron chi connectivity index (χ3n) is 3.37. The van der Waals surface area contributed by atoms with E-state index in [2.05, 4.69) is 10.6 Å². The Kier molecular flexibility index (Phi) is 7.46. The van der Waals surface area contributed by atoms with Crippen LogP contribution in [0.4, 0.5) is 5.69 Å². The summed E-state index contributed by atoms with van der Waals surface area (Å²) in [7, 11) is 1.62. The molecule has 0 aliphatic heterocycles. The Bertz CT molecular complexity index is 689. The van der Waals surface area contributed by atoms with Crippen LogP contribution in [0.25, 0.3) is 0 Å². The zero-order chi connectivity index (χ0) is 17.9. The molecule has 2 amide bonds. The van der Waals surface area contributed by atoms with Gasteiger partial charge in [0.15, 0.2) is 6.61 Å². The smallest absolute Gasteiger partial charge is 0.262 e. The first kappa shape index (κ1) is 18.5. The van der Waals surface area contributed by atoms with Crippen LogP contribution in [0.1, 0.15) is 16.8 Å². The van der Waals surface area contributed by atoms with E-state index in [0.29, 0.717) is 30.2 Å². The van der Waals surface area contributed by atoms with Crippen molar-refractivity contribution < 1.29 is 19.1 Å². The Morgan fingerprint density at radius 1 is 1.00 bits per heavy atom. The fourth-order valence-corrected chi connectivity index (χ4v) is 2.16. The zero-order valence-electron chi connectivity index (χ0n) is 14.2. The highest BCUT2D eigenvalue weighted by atomic mass is 16.5. The lowest BCUT2D eigenvalue weighted by Gasteiger charge is -2.12. The lowest BCUT2D eigenvalue weighted by atomic mass is 10.1. The van der Waals surface area contributed by atoms with Crippen LogP contribution in [0.5, 0.6) is 5.75 Å². The first-order valence-electron chi connectivity index (χ1n) is 8.04. The highest BCUT2D eigenvalue weighted by Crippen LogP contribution is 2.15. The van der Waals surface area contributed by atoms with Gasteiger partial charge in [-0.2, -0.15) is 0 Å². The molecule has 0 aliphatic rings. The fraction of sp³-hybridized carbons (Fsp3) is 0.263. The van der Waals surface area contributed by atoms with E-state index in [1.54, 1.807) is 43.5 Å². The van der Waals surface area contributed by atoms with Crippen LogP contribution in [-0.4, -0.2) is 38.7 Å². The van der Waals surface area contributed by atoms with Gasteiger partial charge in [0.05, 0.1) is 11.3 Å². The monoisotopic (exact) mass is 342 g/mol. The first-order valence-corrected chi connectivity index (χ1v) is 8.04. The van der Waals surface area contributed by atoms with Gasteiger partial charge in [-0.25, -0.2) is 0 Å². The van der Waals surface area contributed by atoms with Gasteiger partial charge in [0, 0.05) is 20.3 Å². The standard InChI is InChI=1S/C19H22N2O4/c1-24-13-7-12-20-19(23)16-10-5-6-11-17(16)21-18(22)14-25-15-8-3-2-4-9-15/h2-6,8-11H,7,12-14H2,1H3,(H,20,23)(H,21,22). The third kappa shape index (κ3) is 6.27. The van der Waals surface area contributed by atoms with Crippen LogP contribution in [0, 0.1) is 0 Å². The van der Waals surface area contributed by atoms with Gasteiger partial charge in [-0.05, 0) is 30.7 Å². The molecular weight excluding hydrogens is 320 g/mol. The molecule has 6 heteroatoms. The highest BCUT2D eigenvalue weighted by molar-refractivity contribution is 6.04. The van der Waals surface area contributed by atoms with Crippen molar-refractivity contribution >= 4 is 17.5 Å². The van der Waals surface area contributed by atoms with E-state index in [1.165, 1.54) is 0 Å². The molecule has 25 heavy (non-hydrogen) atoms. The molecule has 132 valence electrons. The predicted molar refractivity (Wildman–Crippen MR) is 95.8 cm³/mol. The van der Waals surface area contributed by atoms with Gasteiger partial charge in [-0.3, -0.25) is 9.59 Å². The Hall–Kier alpha value is -2.86. The number of methoxy groups -OCH3 is 1. The molecule has 0 spiro atoms. The SMILES string of the molecule is COCCCNC(=O)c1ccccc1NC(=O)COc1ccccc1.